The average Bonchev–Trinajstić information content (AvgIpc) is 2.65. The van der Waals surface area contributed by atoms with Crippen molar-refractivity contribution in [3.63, 3.8) is 0 Å². The Labute approximate surface area is 112 Å². The summed E-state index contributed by atoms with van der Waals surface area (Å²) >= 11 is 3.15. The van der Waals surface area contributed by atoms with Gasteiger partial charge in [-0.2, -0.15) is 5.26 Å². The number of nitrogens with zero attached hydrogens (tertiary/aromatic N) is 2. The van der Waals surface area contributed by atoms with Crippen molar-refractivity contribution < 1.29 is 0 Å². The van der Waals surface area contributed by atoms with Crippen molar-refractivity contribution in [3.8, 4) is 6.07 Å². The van der Waals surface area contributed by atoms with E-state index in [4.69, 9.17) is 11.0 Å². The standard InChI is InChI=1S/C12H19N3S2/c1-4-6-15(7-5-2)12-11(16-3)10(14)9(8-13)17-12/h4-7,14H2,1-3H3. The molecule has 1 rings (SSSR count). The first-order chi connectivity index (χ1) is 8.19. The number of hydrogen-bond donors (Lipinski definition) is 1. The molecule has 0 saturated heterocycles. The fourth-order valence-electron chi connectivity index (χ4n) is 1.76. The lowest BCUT2D eigenvalue weighted by molar-refractivity contribution is 0.746. The molecular weight excluding hydrogens is 250 g/mol. The second kappa shape index (κ2) is 6.77. The highest BCUT2D eigenvalue weighted by molar-refractivity contribution is 7.99. The molecule has 0 aliphatic heterocycles. The van der Waals surface area contributed by atoms with Gasteiger partial charge < -0.3 is 10.6 Å². The Morgan fingerprint density at radius 1 is 1.35 bits per heavy atom. The maximum absolute atomic E-state index is 9.05. The number of rotatable bonds is 6. The highest BCUT2D eigenvalue weighted by Gasteiger charge is 2.19. The monoisotopic (exact) mass is 269 g/mol. The van der Waals surface area contributed by atoms with Crippen LogP contribution in [0.15, 0.2) is 4.90 Å². The summed E-state index contributed by atoms with van der Waals surface area (Å²) in [6.45, 7) is 6.38. The van der Waals surface area contributed by atoms with Crippen molar-refractivity contribution in [3.05, 3.63) is 4.88 Å². The molecule has 0 amide bonds. The van der Waals surface area contributed by atoms with Crippen LogP contribution in [0.1, 0.15) is 31.6 Å². The molecular formula is C12H19N3S2. The number of nitriles is 1. The molecule has 0 spiro atoms. The molecule has 17 heavy (non-hydrogen) atoms. The third-order valence-electron chi connectivity index (χ3n) is 2.46. The number of thiophene rings is 1. The largest absolute Gasteiger partial charge is 0.396 e. The minimum atomic E-state index is 0.640. The molecule has 1 aromatic heterocycles. The van der Waals surface area contributed by atoms with Crippen LogP contribution >= 0.6 is 23.1 Å². The highest BCUT2D eigenvalue weighted by atomic mass is 32.2. The predicted molar refractivity (Wildman–Crippen MR) is 78.0 cm³/mol. The van der Waals surface area contributed by atoms with E-state index in [1.165, 1.54) is 11.3 Å². The van der Waals surface area contributed by atoms with E-state index < -0.39 is 0 Å². The summed E-state index contributed by atoms with van der Waals surface area (Å²) in [5, 5.41) is 10.2. The summed E-state index contributed by atoms with van der Waals surface area (Å²) in [5.74, 6) is 0. The van der Waals surface area contributed by atoms with Crippen LogP contribution in [0, 0.1) is 11.3 Å². The molecule has 0 atom stereocenters. The molecule has 0 radical (unpaired) electrons. The molecule has 0 aliphatic carbocycles. The first-order valence-corrected chi connectivity index (χ1v) is 7.84. The molecule has 3 nitrogen and oxygen atoms in total. The third kappa shape index (κ3) is 3.08. The highest BCUT2D eigenvalue weighted by Crippen LogP contribution is 2.43. The van der Waals surface area contributed by atoms with E-state index >= 15 is 0 Å². The van der Waals surface area contributed by atoms with Crippen molar-refractivity contribution in [2.45, 2.75) is 31.6 Å². The molecule has 0 aliphatic rings. The normalized spacial score (nSPS) is 10.2. The maximum Gasteiger partial charge on any atom is 0.131 e. The van der Waals surface area contributed by atoms with Gasteiger partial charge in [0.1, 0.15) is 15.9 Å². The zero-order valence-corrected chi connectivity index (χ0v) is 12.2. The fraction of sp³-hybridized carbons (Fsp3) is 0.583. The van der Waals surface area contributed by atoms with Crippen LogP contribution in [0.4, 0.5) is 10.7 Å². The van der Waals surface area contributed by atoms with E-state index in [0.29, 0.717) is 10.6 Å². The van der Waals surface area contributed by atoms with Gasteiger partial charge in [-0.1, -0.05) is 13.8 Å². The van der Waals surface area contributed by atoms with E-state index in [1.807, 2.05) is 6.26 Å². The van der Waals surface area contributed by atoms with Crippen LogP contribution in [-0.2, 0) is 0 Å². The van der Waals surface area contributed by atoms with E-state index in [1.54, 1.807) is 11.8 Å². The zero-order chi connectivity index (χ0) is 12.8. The minimum Gasteiger partial charge on any atom is -0.396 e. The van der Waals surface area contributed by atoms with Gasteiger partial charge in [0.05, 0.1) is 10.6 Å². The molecule has 1 heterocycles. The maximum atomic E-state index is 9.05. The number of nitrogens with two attached hydrogens (primary N) is 1. The van der Waals surface area contributed by atoms with Crippen LogP contribution < -0.4 is 10.6 Å². The van der Waals surface area contributed by atoms with Gasteiger partial charge in [-0.3, -0.25) is 0 Å². The summed E-state index contributed by atoms with van der Waals surface area (Å²) in [5.41, 5.74) is 6.65. The Kier molecular flexibility index (Phi) is 5.66. The van der Waals surface area contributed by atoms with Crippen LogP contribution in [-0.4, -0.2) is 19.3 Å². The van der Waals surface area contributed by atoms with Crippen molar-refractivity contribution in [2.75, 3.05) is 30.0 Å². The number of hydrogen-bond acceptors (Lipinski definition) is 5. The van der Waals surface area contributed by atoms with E-state index in [9.17, 15) is 0 Å². The molecule has 5 heteroatoms. The minimum absolute atomic E-state index is 0.640. The number of nitrogen functional groups attached to an aromatic ring is 1. The van der Waals surface area contributed by atoms with Crippen LogP contribution in [0.3, 0.4) is 0 Å². The average molecular weight is 269 g/mol. The fourth-order valence-corrected chi connectivity index (χ4v) is 3.79. The Morgan fingerprint density at radius 2 is 1.94 bits per heavy atom. The van der Waals surface area contributed by atoms with Crippen LogP contribution in [0.25, 0.3) is 0 Å². The lowest BCUT2D eigenvalue weighted by atomic mass is 10.3. The number of thioether (sulfide) groups is 1. The van der Waals surface area contributed by atoms with E-state index in [-0.39, 0.29) is 0 Å². The molecule has 0 fully saturated rings. The second-order valence-electron chi connectivity index (χ2n) is 3.78. The van der Waals surface area contributed by atoms with Gasteiger partial charge in [0, 0.05) is 13.1 Å². The Morgan fingerprint density at radius 3 is 2.35 bits per heavy atom. The van der Waals surface area contributed by atoms with Crippen LogP contribution in [0.2, 0.25) is 0 Å². The summed E-state index contributed by atoms with van der Waals surface area (Å²) < 4.78 is 0. The molecule has 0 unspecified atom stereocenters. The summed E-state index contributed by atoms with van der Waals surface area (Å²) in [4.78, 5) is 4.04. The lowest BCUT2D eigenvalue weighted by Gasteiger charge is -2.23. The smallest absolute Gasteiger partial charge is 0.131 e. The van der Waals surface area contributed by atoms with Crippen molar-refractivity contribution >= 4 is 33.8 Å². The van der Waals surface area contributed by atoms with E-state index in [2.05, 4.69) is 24.8 Å². The molecule has 0 bridgehead atoms. The van der Waals surface area contributed by atoms with Crippen LogP contribution in [0.5, 0.6) is 0 Å². The topological polar surface area (TPSA) is 53.0 Å². The first kappa shape index (κ1) is 14.2. The summed E-state index contributed by atoms with van der Waals surface area (Å²) in [6.07, 6.45) is 4.22. The van der Waals surface area contributed by atoms with Gasteiger partial charge >= 0.3 is 0 Å². The summed E-state index contributed by atoms with van der Waals surface area (Å²) in [7, 11) is 0. The van der Waals surface area contributed by atoms with Crippen molar-refractivity contribution in [2.24, 2.45) is 0 Å². The van der Waals surface area contributed by atoms with Gasteiger partial charge in [0.15, 0.2) is 0 Å². The van der Waals surface area contributed by atoms with Crippen molar-refractivity contribution in [1.82, 2.24) is 0 Å². The first-order valence-electron chi connectivity index (χ1n) is 5.80. The predicted octanol–water partition coefficient (Wildman–Crippen LogP) is 3.55. The Balaban J connectivity index is 3.13. The molecule has 2 N–H and O–H groups in total. The number of anilines is 2. The quantitative estimate of drug-likeness (QED) is 0.802. The molecule has 0 aromatic carbocycles. The Bertz CT molecular complexity index is 401. The molecule has 0 saturated carbocycles. The lowest BCUT2D eigenvalue weighted by Crippen LogP contribution is -2.24. The zero-order valence-electron chi connectivity index (χ0n) is 10.6. The third-order valence-corrected chi connectivity index (χ3v) is 4.58. The summed E-state index contributed by atoms with van der Waals surface area (Å²) in [6, 6.07) is 2.18. The molecule has 94 valence electrons. The Hall–Kier alpha value is -0.860. The van der Waals surface area contributed by atoms with Gasteiger partial charge in [-0.15, -0.1) is 23.1 Å². The van der Waals surface area contributed by atoms with Gasteiger partial charge in [-0.05, 0) is 19.1 Å². The van der Waals surface area contributed by atoms with Crippen molar-refractivity contribution in [1.29, 1.82) is 5.26 Å². The van der Waals surface area contributed by atoms with Gasteiger partial charge in [0.2, 0.25) is 0 Å². The van der Waals surface area contributed by atoms with E-state index in [0.717, 1.165) is 35.8 Å². The van der Waals surface area contributed by atoms with Gasteiger partial charge in [0.25, 0.3) is 0 Å². The van der Waals surface area contributed by atoms with Gasteiger partial charge in [-0.25, -0.2) is 0 Å². The SMILES string of the molecule is CCCN(CCC)c1sc(C#N)c(N)c1SC. The second-order valence-corrected chi connectivity index (χ2v) is 5.60. The molecule has 1 aromatic rings.